The van der Waals surface area contributed by atoms with Gasteiger partial charge in [0.15, 0.2) is 11.5 Å². The van der Waals surface area contributed by atoms with Gasteiger partial charge in [0.25, 0.3) is 0 Å². The number of hydrogen-bond acceptors (Lipinski definition) is 4. The number of ether oxygens (including phenoxy) is 4. The lowest BCUT2D eigenvalue weighted by Crippen LogP contribution is -2.03. The van der Waals surface area contributed by atoms with Crippen LogP contribution in [0.25, 0.3) is 0 Å². The van der Waals surface area contributed by atoms with E-state index in [2.05, 4.69) is 0 Å². The van der Waals surface area contributed by atoms with Crippen molar-refractivity contribution in [3.8, 4) is 17.2 Å². The van der Waals surface area contributed by atoms with E-state index in [9.17, 15) is 0 Å². The van der Waals surface area contributed by atoms with E-state index in [0.717, 1.165) is 25.0 Å². The molecule has 4 heteroatoms. The van der Waals surface area contributed by atoms with E-state index in [0.29, 0.717) is 17.2 Å². The Bertz CT molecular complexity index is 383. The summed E-state index contributed by atoms with van der Waals surface area (Å²) in [5.41, 5.74) is 1.03. The molecule has 1 unspecified atom stereocenters. The Morgan fingerprint density at radius 2 is 1.82 bits per heavy atom. The first-order valence-corrected chi connectivity index (χ1v) is 5.72. The summed E-state index contributed by atoms with van der Waals surface area (Å²) in [5.74, 6) is 2.01. The Kier molecular flexibility index (Phi) is 3.74. The largest absolute Gasteiger partial charge is 0.493 e. The summed E-state index contributed by atoms with van der Waals surface area (Å²) in [5, 5.41) is 0. The lowest BCUT2D eigenvalue weighted by Gasteiger charge is -2.18. The van der Waals surface area contributed by atoms with Crippen LogP contribution >= 0.6 is 0 Å². The van der Waals surface area contributed by atoms with Crippen LogP contribution in [0.15, 0.2) is 12.1 Å². The Hall–Kier alpha value is -1.42. The van der Waals surface area contributed by atoms with E-state index in [4.69, 9.17) is 18.9 Å². The highest BCUT2D eigenvalue weighted by molar-refractivity contribution is 5.56. The fourth-order valence-electron chi connectivity index (χ4n) is 2.20. The molecular weight excluding hydrogens is 220 g/mol. The molecule has 0 N–H and O–H groups in total. The topological polar surface area (TPSA) is 36.9 Å². The number of hydrogen-bond donors (Lipinski definition) is 0. The van der Waals surface area contributed by atoms with Gasteiger partial charge >= 0.3 is 0 Å². The molecule has 1 fully saturated rings. The summed E-state index contributed by atoms with van der Waals surface area (Å²) in [6.45, 7) is 0.808. The average molecular weight is 238 g/mol. The van der Waals surface area contributed by atoms with Crippen molar-refractivity contribution in [3.05, 3.63) is 17.7 Å². The normalized spacial score (nSPS) is 19.1. The van der Waals surface area contributed by atoms with Crippen molar-refractivity contribution >= 4 is 0 Å². The molecule has 0 bridgehead atoms. The maximum absolute atomic E-state index is 5.68. The fourth-order valence-corrected chi connectivity index (χ4v) is 2.20. The van der Waals surface area contributed by atoms with E-state index in [-0.39, 0.29) is 6.10 Å². The summed E-state index contributed by atoms with van der Waals surface area (Å²) in [6.07, 6.45) is 2.21. The van der Waals surface area contributed by atoms with E-state index >= 15 is 0 Å². The number of methoxy groups -OCH3 is 3. The number of rotatable bonds is 4. The van der Waals surface area contributed by atoms with Crippen LogP contribution in [0.2, 0.25) is 0 Å². The van der Waals surface area contributed by atoms with E-state index in [1.807, 2.05) is 12.1 Å². The van der Waals surface area contributed by atoms with Gasteiger partial charge in [0.05, 0.1) is 27.4 Å². The highest BCUT2D eigenvalue weighted by Gasteiger charge is 2.25. The SMILES string of the molecule is COc1ccc(C2CCCO2)c(OC)c1OC. The van der Waals surface area contributed by atoms with Crippen LogP contribution in [-0.2, 0) is 4.74 Å². The highest BCUT2D eigenvalue weighted by atomic mass is 16.5. The summed E-state index contributed by atoms with van der Waals surface area (Å²) in [6, 6.07) is 3.87. The quantitative estimate of drug-likeness (QED) is 0.807. The minimum atomic E-state index is 0.102. The smallest absolute Gasteiger partial charge is 0.203 e. The second-order valence-electron chi connectivity index (χ2n) is 3.93. The second-order valence-corrected chi connectivity index (χ2v) is 3.93. The van der Waals surface area contributed by atoms with Crippen molar-refractivity contribution < 1.29 is 18.9 Å². The first-order valence-electron chi connectivity index (χ1n) is 5.72. The van der Waals surface area contributed by atoms with Gasteiger partial charge in [0.2, 0.25) is 5.75 Å². The molecule has 1 aromatic carbocycles. The monoisotopic (exact) mass is 238 g/mol. The predicted molar refractivity (Wildman–Crippen MR) is 64.0 cm³/mol. The summed E-state index contributed by atoms with van der Waals surface area (Å²) >= 11 is 0. The summed E-state index contributed by atoms with van der Waals surface area (Å²) in [4.78, 5) is 0. The molecule has 1 saturated heterocycles. The molecule has 4 nitrogen and oxygen atoms in total. The van der Waals surface area contributed by atoms with Gasteiger partial charge in [-0.05, 0) is 25.0 Å². The van der Waals surface area contributed by atoms with E-state index < -0.39 is 0 Å². The van der Waals surface area contributed by atoms with Gasteiger partial charge in [-0.1, -0.05) is 0 Å². The zero-order valence-corrected chi connectivity index (χ0v) is 10.5. The van der Waals surface area contributed by atoms with Crippen LogP contribution in [0.5, 0.6) is 17.2 Å². The van der Waals surface area contributed by atoms with E-state index in [1.165, 1.54) is 0 Å². The molecule has 1 aromatic rings. The Morgan fingerprint density at radius 1 is 1.06 bits per heavy atom. The molecule has 0 aromatic heterocycles. The molecule has 1 aliphatic rings. The Labute approximate surface area is 101 Å². The molecule has 0 aliphatic carbocycles. The zero-order chi connectivity index (χ0) is 12.3. The van der Waals surface area contributed by atoms with Crippen molar-refractivity contribution in [1.82, 2.24) is 0 Å². The van der Waals surface area contributed by atoms with Crippen LogP contribution in [0, 0.1) is 0 Å². The van der Waals surface area contributed by atoms with Gasteiger partial charge in [-0.15, -0.1) is 0 Å². The van der Waals surface area contributed by atoms with Crippen molar-refractivity contribution in [2.24, 2.45) is 0 Å². The van der Waals surface area contributed by atoms with Crippen molar-refractivity contribution in [2.45, 2.75) is 18.9 Å². The highest BCUT2D eigenvalue weighted by Crippen LogP contribution is 2.44. The molecule has 0 saturated carbocycles. The standard InChI is InChI=1S/C13H18O4/c1-14-11-7-6-9(10-5-4-8-17-10)12(15-2)13(11)16-3/h6-7,10H,4-5,8H2,1-3H3. The fraction of sp³-hybridized carbons (Fsp3) is 0.538. The number of benzene rings is 1. The average Bonchev–Trinajstić information content (AvgIpc) is 2.90. The molecule has 1 heterocycles. The second kappa shape index (κ2) is 5.27. The molecule has 1 atom stereocenters. The van der Waals surface area contributed by atoms with Crippen molar-refractivity contribution in [1.29, 1.82) is 0 Å². The molecule has 0 spiro atoms. The van der Waals surface area contributed by atoms with Crippen LogP contribution < -0.4 is 14.2 Å². The molecule has 0 radical (unpaired) electrons. The molecule has 94 valence electrons. The molecule has 0 amide bonds. The van der Waals surface area contributed by atoms with E-state index in [1.54, 1.807) is 21.3 Å². The molecule has 17 heavy (non-hydrogen) atoms. The predicted octanol–water partition coefficient (Wildman–Crippen LogP) is 2.56. The van der Waals surface area contributed by atoms with Gasteiger partial charge in [-0.3, -0.25) is 0 Å². The van der Waals surface area contributed by atoms with Crippen LogP contribution in [0.4, 0.5) is 0 Å². The first kappa shape index (κ1) is 12.0. The summed E-state index contributed by atoms with van der Waals surface area (Å²) < 4.78 is 21.7. The van der Waals surface area contributed by atoms with Crippen molar-refractivity contribution in [3.63, 3.8) is 0 Å². The minimum absolute atomic E-state index is 0.102. The molecule has 2 rings (SSSR count). The third-order valence-corrected chi connectivity index (χ3v) is 3.01. The van der Waals surface area contributed by atoms with Gasteiger partial charge in [0.1, 0.15) is 0 Å². The lowest BCUT2D eigenvalue weighted by atomic mass is 10.0. The maximum atomic E-state index is 5.68. The molecule has 1 aliphatic heterocycles. The van der Waals surface area contributed by atoms with Gasteiger partial charge < -0.3 is 18.9 Å². The lowest BCUT2D eigenvalue weighted by molar-refractivity contribution is 0.109. The first-order chi connectivity index (χ1) is 8.31. The van der Waals surface area contributed by atoms with Crippen LogP contribution in [0.3, 0.4) is 0 Å². The van der Waals surface area contributed by atoms with Gasteiger partial charge in [0, 0.05) is 12.2 Å². The third-order valence-electron chi connectivity index (χ3n) is 3.01. The Morgan fingerprint density at radius 3 is 2.35 bits per heavy atom. The summed E-state index contributed by atoms with van der Waals surface area (Å²) in [7, 11) is 4.86. The zero-order valence-electron chi connectivity index (χ0n) is 10.5. The van der Waals surface area contributed by atoms with Crippen LogP contribution in [0.1, 0.15) is 24.5 Å². The van der Waals surface area contributed by atoms with Gasteiger partial charge in [-0.2, -0.15) is 0 Å². The molecular formula is C13H18O4. The third kappa shape index (κ3) is 2.17. The Balaban J connectivity index is 2.44. The van der Waals surface area contributed by atoms with Gasteiger partial charge in [-0.25, -0.2) is 0 Å². The van der Waals surface area contributed by atoms with Crippen LogP contribution in [-0.4, -0.2) is 27.9 Å². The maximum Gasteiger partial charge on any atom is 0.203 e. The van der Waals surface area contributed by atoms with Crippen molar-refractivity contribution in [2.75, 3.05) is 27.9 Å². The minimum Gasteiger partial charge on any atom is -0.493 e.